The number of hydrogen-bond donors (Lipinski definition) is 0. The molecule has 5 nitrogen and oxygen atoms in total. The van der Waals surface area contributed by atoms with Crippen LogP contribution in [0.5, 0.6) is 5.75 Å². The number of amides is 1. The maximum atomic E-state index is 12.0. The van der Waals surface area contributed by atoms with E-state index in [0.29, 0.717) is 19.8 Å². The zero-order chi connectivity index (χ0) is 17.9. The number of benzene rings is 1. The summed E-state index contributed by atoms with van der Waals surface area (Å²) in [6.45, 7) is 1.76. The van der Waals surface area contributed by atoms with Gasteiger partial charge in [-0.25, -0.2) is 0 Å². The van der Waals surface area contributed by atoms with Crippen molar-refractivity contribution in [2.24, 2.45) is 0 Å². The van der Waals surface area contributed by atoms with Crippen molar-refractivity contribution < 1.29 is 14.3 Å². The van der Waals surface area contributed by atoms with Crippen LogP contribution in [0.25, 0.3) is 6.08 Å². The lowest BCUT2D eigenvalue weighted by molar-refractivity contribution is -0.124. The predicted octanol–water partition coefficient (Wildman–Crippen LogP) is 3.17. The minimum absolute atomic E-state index is 0.0217. The molecule has 0 saturated heterocycles. The molecule has 2 aromatic rings. The van der Waals surface area contributed by atoms with Crippen LogP contribution in [0.4, 0.5) is 0 Å². The quantitative estimate of drug-likeness (QED) is 0.520. The summed E-state index contributed by atoms with van der Waals surface area (Å²) in [6.07, 6.45) is 5.96. The molecule has 5 heteroatoms. The van der Waals surface area contributed by atoms with Gasteiger partial charge in [-0.1, -0.05) is 18.2 Å². The van der Waals surface area contributed by atoms with Crippen LogP contribution in [0.15, 0.2) is 54.7 Å². The van der Waals surface area contributed by atoms with Crippen LogP contribution < -0.4 is 4.74 Å². The van der Waals surface area contributed by atoms with Crippen LogP contribution >= 0.6 is 0 Å². The number of likely N-dealkylation sites (N-methyl/N-ethyl adjacent to an activating group) is 1. The lowest BCUT2D eigenvalue weighted by Gasteiger charge is -2.14. The third-order valence-corrected chi connectivity index (χ3v) is 3.63. The summed E-state index contributed by atoms with van der Waals surface area (Å²) in [5.74, 6) is 0.748. The summed E-state index contributed by atoms with van der Waals surface area (Å²) in [6, 6.07) is 13.3. The molecule has 2 rings (SSSR count). The first-order chi connectivity index (χ1) is 12.2. The molecule has 132 valence electrons. The normalized spacial score (nSPS) is 10.8. The smallest absolute Gasteiger partial charge is 0.246 e. The van der Waals surface area contributed by atoms with Crippen LogP contribution in [0, 0.1) is 0 Å². The average molecular weight is 340 g/mol. The minimum atomic E-state index is -0.0217. The molecule has 0 aliphatic rings. The molecule has 0 aliphatic heterocycles. The fourth-order valence-corrected chi connectivity index (χ4v) is 2.17. The monoisotopic (exact) mass is 340 g/mol. The number of carbonyl (C=O) groups is 1. The largest absolute Gasteiger partial charge is 0.487 e. The zero-order valence-electron chi connectivity index (χ0n) is 14.7. The molecule has 1 amide bonds. The Hall–Kier alpha value is -2.66. The molecule has 0 aliphatic carbocycles. The molecular formula is C20H24N2O3. The van der Waals surface area contributed by atoms with Gasteiger partial charge in [-0.15, -0.1) is 0 Å². The molecule has 1 heterocycles. The Kier molecular flexibility index (Phi) is 7.66. The number of aromatic nitrogens is 1. The third-order valence-electron chi connectivity index (χ3n) is 3.63. The van der Waals surface area contributed by atoms with Crippen LogP contribution in [0.2, 0.25) is 0 Å². The van der Waals surface area contributed by atoms with E-state index in [0.717, 1.165) is 23.4 Å². The molecule has 0 bridgehead atoms. The van der Waals surface area contributed by atoms with E-state index >= 15 is 0 Å². The summed E-state index contributed by atoms with van der Waals surface area (Å²) >= 11 is 0. The first-order valence-corrected chi connectivity index (χ1v) is 8.24. The van der Waals surface area contributed by atoms with Gasteiger partial charge in [0.2, 0.25) is 5.91 Å². The Morgan fingerprint density at radius 1 is 1.20 bits per heavy atom. The molecular weight excluding hydrogens is 316 g/mol. The second-order valence-corrected chi connectivity index (χ2v) is 5.62. The summed E-state index contributed by atoms with van der Waals surface area (Å²) < 4.78 is 10.7. The summed E-state index contributed by atoms with van der Waals surface area (Å²) in [7, 11) is 3.45. The minimum Gasteiger partial charge on any atom is -0.487 e. The van der Waals surface area contributed by atoms with Gasteiger partial charge in [0.05, 0.1) is 5.69 Å². The van der Waals surface area contributed by atoms with Crippen molar-refractivity contribution in [1.82, 2.24) is 9.88 Å². The molecule has 25 heavy (non-hydrogen) atoms. The van der Waals surface area contributed by atoms with Crippen molar-refractivity contribution in [3.05, 3.63) is 66.0 Å². The predicted molar refractivity (Wildman–Crippen MR) is 98.2 cm³/mol. The van der Waals surface area contributed by atoms with E-state index in [1.807, 2.05) is 42.5 Å². The Balaban J connectivity index is 1.82. The first kappa shape index (κ1) is 18.7. The lowest BCUT2D eigenvalue weighted by Crippen LogP contribution is -2.26. The van der Waals surface area contributed by atoms with Crippen molar-refractivity contribution >= 4 is 12.0 Å². The first-order valence-electron chi connectivity index (χ1n) is 8.24. The van der Waals surface area contributed by atoms with E-state index in [-0.39, 0.29) is 5.91 Å². The maximum Gasteiger partial charge on any atom is 0.246 e. The van der Waals surface area contributed by atoms with Crippen molar-refractivity contribution in [2.75, 3.05) is 27.3 Å². The van der Waals surface area contributed by atoms with Gasteiger partial charge in [-0.3, -0.25) is 9.78 Å². The zero-order valence-corrected chi connectivity index (χ0v) is 14.7. The maximum absolute atomic E-state index is 12.0. The highest BCUT2D eigenvalue weighted by atomic mass is 16.5. The van der Waals surface area contributed by atoms with Crippen molar-refractivity contribution in [2.45, 2.75) is 13.0 Å². The van der Waals surface area contributed by atoms with Gasteiger partial charge in [-0.2, -0.15) is 0 Å². The van der Waals surface area contributed by atoms with Gasteiger partial charge in [-0.05, 0) is 42.3 Å². The van der Waals surface area contributed by atoms with E-state index in [1.54, 1.807) is 37.4 Å². The fourth-order valence-electron chi connectivity index (χ4n) is 2.17. The number of hydrogen-bond acceptors (Lipinski definition) is 4. The van der Waals surface area contributed by atoms with E-state index in [2.05, 4.69) is 4.98 Å². The third kappa shape index (κ3) is 6.77. The second-order valence-electron chi connectivity index (χ2n) is 5.62. The Morgan fingerprint density at radius 3 is 2.68 bits per heavy atom. The fraction of sp³-hybridized carbons (Fsp3) is 0.300. The molecule has 0 spiro atoms. The van der Waals surface area contributed by atoms with Gasteiger partial charge >= 0.3 is 0 Å². The summed E-state index contributed by atoms with van der Waals surface area (Å²) in [4.78, 5) is 17.9. The van der Waals surface area contributed by atoms with Crippen molar-refractivity contribution in [1.29, 1.82) is 0 Å². The molecule has 0 fully saturated rings. The summed E-state index contributed by atoms with van der Waals surface area (Å²) in [5.41, 5.74) is 1.83. The molecule has 0 saturated carbocycles. The Bertz CT molecular complexity index is 669. The highest BCUT2D eigenvalue weighted by Gasteiger charge is 2.04. The second kappa shape index (κ2) is 10.3. The SMILES string of the molecule is COCCCN(C)C(=O)/C=C/c1ccc(OCc2ccccn2)cc1. The van der Waals surface area contributed by atoms with Crippen molar-refractivity contribution in [3.8, 4) is 5.75 Å². The Morgan fingerprint density at radius 2 is 2.00 bits per heavy atom. The number of rotatable bonds is 9. The van der Waals surface area contributed by atoms with Crippen LogP contribution in [-0.4, -0.2) is 43.1 Å². The van der Waals surface area contributed by atoms with E-state index < -0.39 is 0 Å². The molecule has 0 unspecified atom stereocenters. The number of ether oxygens (including phenoxy) is 2. The highest BCUT2D eigenvalue weighted by Crippen LogP contribution is 2.14. The van der Waals surface area contributed by atoms with Gasteiger partial charge in [0.1, 0.15) is 12.4 Å². The standard InChI is InChI=1S/C20H24N2O3/c1-22(14-5-15-24-2)20(23)12-9-17-7-10-19(11-8-17)25-16-18-6-3-4-13-21-18/h3-4,6-13H,5,14-16H2,1-2H3/b12-9+. The molecule has 1 aromatic heterocycles. The molecule has 0 N–H and O–H groups in total. The van der Waals surface area contributed by atoms with Crippen LogP contribution in [0.3, 0.4) is 0 Å². The number of pyridine rings is 1. The van der Waals surface area contributed by atoms with Gasteiger partial charge in [0.15, 0.2) is 0 Å². The number of carbonyl (C=O) groups excluding carboxylic acids is 1. The summed E-state index contributed by atoms with van der Waals surface area (Å²) in [5, 5.41) is 0. The van der Waals surface area contributed by atoms with Crippen LogP contribution in [-0.2, 0) is 16.1 Å². The number of nitrogens with zero attached hydrogens (tertiary/aromatic N) is 2. The lowest BCUT2D eigenvalue weighted by atomic mass is 10.2. The molecule has 0 atom stereocenters. The Labute approximate surface area is 148 Å². The van der Waals surface area contributed by atoms with Gasteiger partial charge in [0, 0.05) is 39.6 Å². The van der Waals surface area contributed by atoms with Crippen molar-refractivity contribution in [3.63, 3.8) is 0 Å². The average Bonchev–Trinajstić information content (AvgIpc) is 2.66. The molecule has 1 aromatic carbocycles. The number of methoxy groups -OCH3 is 1. The van der Waals surface area contributed by atoms with E-state index in [4.69, 9.17) is 9.47 Å². The highest BCUT2D eigenvalue weighted by molar-refractivity contribution is 5.91. The molecule has 0 radical (unpaired) electrons. The van der Waals surface area contributed by atoms with Gasteiger partial charge < -0.3 is 14.4 Å². The van der Waals surface area contributed by atoms with Crippen LogP contribution in [0.1, 0.15) is 17.7 Å². The van der Waals surface area contributed by atoms with E-state index in [1.165, 1.54) is 0 Å². The van der Waals surface area contributed by atoms with E-state index in [9.17, 15) is 4.79 Å². The van der Waals surface area contributed by atoms with Gasteiger partial charge in [0.25, 0.3) is 0 Å². The topological polar surface area (TPSA) is 51.7 Å².